The van der Waals surface area contributed by atoms with Gasteiger partial charge in [-0.2, -0.15) is 0 Å². The first-order valence-electron chi connectivity index (χ1n) is 6.75. The molecule has 2 aromatic carbocycles. The maximum Gasteiger partial charge on any atom is 0.284 e. The van der Waals surface area contributed by atoms with Gasteiger partial charge in [-0.15, -0.1) is 0 Å². The summed E-state index contributed by atoms with van der Waals surface area (Å²) >= 11 is 4.45. The van der Waals surface area contributed by atoms with Crippen LogP contribution in [0.2, 0.25) is 0 Å². The number of amides is 1. The number of aromatic hydroxyl groups is 2. The van der Waals surface area contributed by atoms with E-state index >= 15 is 0 Å². The highest BCUT2D eigenvalue weighted by Crippen LogP contribution is 2.37. The van der Waals surface area contributed by atoms with Crippen LogP contribution >= 0.6 is 27.7 Å². The van der Waals surface area contributed by atoms with Crippen molar-refractivity contribution in [2.45, 2.75) is 6.92 Å². The Kier molecular flexibility index (Phi) is 4.28. The number of carbonyl (C=O) groups excluding carboxylic acids is 1. The molecule has 1 aliphatic heterocycles. The molecular formula is C17H12BrNO3S. The van der Waals surface area contributed by atoms with Crippen molar-refractivity contribution in [2.75, 3.05) is 0 Å². The standard InChI is InChI=1S/C17H12BrNO3S/c1-9-2-4-11(5-3-9)17-19-16(22)14(23-17)8-10-6-12(18)15(21)13(20)7-10/h2-8,20-21H,1H3/b14-8-. The molecule has 116 valence electrons. The fourth-order valence-electron chi connectivity index (χ4n) is 2.07. The fourth-order valence-corrected chi connectivity index (χ4v) is 3.45. The molecule has 0 aliphatic carbocycles. The van der Waals surface area contributed by atoms with Gasteiger partial charge in [-0.05, 0) is 46.6 Å². The number of hydrogen-bond donors (Lipinski definition) is 2. The molecule has 0 unspecified atom stereocenters. The Morgan fingerprint density at radius 2 is 1.87 bits per heavy atom. The Morgan fingerprint density at radius 1 is 1.17 bits per heavy atom. The van der Waals surface area contributed by atoms with Crippen molar-refractivity contribution in [3.05, 3.63) is 62.5 Å². The number of aliphatic imine (C=N–C) groups is 1. The van der Waals surface area contributed by atoms with Gasteiger partial charge in [-0.3, -0.25) is 4.79 Å². The average molecular weight is 390 g/mol. The molecule has 0 saturated heterocycles. The summed E-state index contributed by atoms with van der Waals surface area (Å²) in [7, 11) is 0. The first-order valence-corrected chi connectivity index (χ1v) is 8.36. The summed E-state index contributed by atoms with van der Waals surface area (Å²) in [6, 6.07) is 10.8. The molecule has 3 rings (SSSR count). The van der Waals surface area contributed by atoms with Gasteiger partial charge in [0.2, 0.25) is 0 Å². The minimum absolute atomic E-state index is 0.228. The number of phenolic OH excluding ortho intramolecular Hbond substituents is 2. The normalized spacial score (nSPS) is 16.0. The first kappa shape index (κ1) is 15.8. The number of nitrogens with zero attached hydrogens (tertiary/aromatic N) is 1. The van der Waals surface area contributed by atoms with Crippen LogP contribution in [0.1, 0.15) is 16.7 Å². The van der Waals surface area contributed by atoms with Gasteiger partial charge in [0.15, 0.2) is 11.5 Å². The van der Waals surface area contributed by atoms with Gasteiger partial charge in [0.1, 0.15) is 5.04 Å². The zero-order valence-corrected chi connectivity index (χ0v) is 14.5. The number of carbonyl (C=O) groups is 1. The van der Waals surface area contributed by atoms with Crippen LogP contribution in [0.15, 0.2) is 50.8 Å². The van der Waals surface area contributed by atoms with Crippen molar-refractivity contribution in [3.63, 3.8) is 0 Å². The highest BCUT2D eigenvalue weighted by molar-refractivity contribution is 9.10. The zero-order valence-electron chi connectivity index (χ0n) is 12.1. The van der Waals surface area contributed by atoms with Gasteiger partial charge >= 0.3 is 0 Å². The Labute approximate surface area is 145 Å². The number of thioether (sulfide) groups is 1. The van der Waals surface area contributed by atoms with E-state index in [0.717, 1.165) is 11.1 Å². The van der Waals surface area contributed by atoms with Gasteiger partial charge in [0.05, 0.1) is 9.38 Å². The predicted octanol–water partition coefficient (Wildman–Crippen LogP) is 4.23. The van der Waals surface area contributed by atoms with Crippen LogP contribution in [-0.4, -0.2) is 21.2 Å². The van der Waals surface area contributed by atoms with Crippen molar-refractivity contribution in [2.24, 2.45) is 4.99 Å². The maximum absolute atomic E-state index is 12.1. The summed E-state index contributed by atoms with van der Waals surface area (Å²) in [6.07, 6.45) is 1.64. The van der Waals surface area contributed by atoms with Gasteiger partial charge in [0, 0.05) is 5.56 Å². The summed E-state index contributed by atoms with van der Waals surface area (Å²) < 4.78 is 0.361. The smallest absolute Gasteiger partial charge is 0.284 e. The molecule has 2 N–H and O–H groups in total. The average Bonchev–Trinajstić information content (AvgIpc) is 2.86. The van der Waals surface area contributed by atoms with E-state index in [1.807, 2.05) is 31.2 Å². The summed E-state index contributed by atoms with van der Waals surface area (Å²) in [5.74, 6) is -0.787. The Morgan fingerprint density at radius 3 is 2.52 bits per heavy atom. The SMILES string of the molecule is Cc1ccc(C2=NC(=O)/C(=C/c3cc(O)c(O)c(Br)c3)S2)cc1. The van der Waals surface area contributed by atoms with Crippen LogP contribution < -0.4 is 0 Å². The lowest BCUT2D eigenvalue weighted by Crippen LogP contribution is -1.90. The van der Waals surface area contributed by atoms with E-state index in [-0.39, 0.29) is 17.4 Å². The lowest BCUT2D eigenvalue weighted by Gasteiger charge is -2.03. The van der Waals surface area contributed by atoms with Crippen LogP contribution in [-0.2, 0) is 4.79 Å². The molecule has 2 aromatic rings. The second-order valence-corrected chi connectivity index (χ2v) is 6.95. The summed E-state index contributed by atoms with van der Waals surface area (Å²) in [4.78, 5) is 16.6. The van der Waals surface area contributed by atoms with Crippen molar-refractivity contribution in [1.82, 2.24) is 0 Å². The van der Waals surface area contributed by atoms with E-state index < -0.39 is 0 Å². The molecule has 23 heavy (non-hydrogen) atoms. The van der Waals surface area contributed by atoms with Gasteiger partial charge < -0.3 is 10.2 Å². The molecule has 6 heteroatoms. The Balaban J connectivity index is 1.89. The van der Waals surface area contributed by atoms with E-state index in [4.69, 9.17) is 0 Å². The second-order valence-electron chi connectivity index (χ2n) is 5.07. The zero-order chi connectivity index (χ0) is 16.6. The minimum Gasteiger partial charge on any atom is -0.504 e. The van der Waals surface area contributed by atoms with Gasteiger partial charge in [0.25, 0.3) is 5.91 Å². The summed E-state index contributed by atoms with van der Waals surface area (Å²) in [6.45, 7) is 2.00. The highest BCUT2D eigenvalue weighted by Gasteiger charge is 2.23. The van der Waals surface area contributed by atoms with Gasteiger partial charge in [-0.1, -0.05) is 41.6 Å². The number of phenols is 2. The topological polar surface area (TPSA) is 69.9 Å². The van der Waals surface area contributed by atoms with Crippen molar-refractivity contribution >= 4 is 44.7 Å². The monoisotopic (exact) mass is 389 g/mol. The van der Waals surface area contributed by atoms with E-state index in [2.05, 4.69) is 20.9 Å². The van der Waals surface area contributed by atoms with E-state index in [1.165, 1.54) is 17.8 Å². The molecule has 1 amide bonds. The van der Waals surface area contributed by atoms with Crippen LogP contribution in [0.4, 0.5) is 0 Å². The van der Waals surface area contributed by atoms with E-state index in [1.54, 1.807) is 12.1 Å². The molecule has 0 atom stereocenters. The summed E-state index contributed by atoms with van der Waals surface area (Å²) in [5, 5.41) is 19.8. The van der Waals surface area contributed by atoms with E-state index in [0.29, 0.717) is 20.0 Å². The lowest BCUT2D eigenvalue weighted by atomic mass is 10.2. The largest absolute Gasteiger partial charge is 0.504 e. The molecule has 1 aliphatic rings. The third-order valence-corrected chi connectivity index (χ3v) is 4.92. The van der Waals surface area contributed by atoms with Crippen LogP contribution in [0.5, 0.6) is 11.5 Å². The predicted molar refractivity (Wildman–Crippen MR) is 95.8 cm³/mol. The number of hydrogen-bond acceptors (Lipinski definition) is 4. The first-order chi connectivity index (χ1) is 10.9. The number of benzene rings is 2. The van der Waals surface area contributed by atoms with Crippen LogP contribution in [0.3, 0.4) is 0 Å². The van der Waals surface area contributed by atoms with Gasteiger partial charge in [-0.25, -0.2) is 4.99 Å². The number of halogens is 1. The van der Waals surface area contributed by atoms with E-state index in [9.17, 15) is 15.0 Å². The number of aryl methyl sites for hydroxylation is 1. The molecule has 1 heterocycles. The second kappa shape index (κ2) is 6.22. The third kappa shape index (κ3) is 3.33. The molecule has 4 nitrogen and oxygen atoms in total. The molecule has 0 saturated carbocycles. The lowest BCUT2D eigenvalue weighted by molar-refractivity contribution is -0.113. The fraction of sp³-hybridized carbons (Fsp3) is 0.0588. The van der Waals surface area contributed by atoms with Crippen molar-refractivity contribution in [3.8, 4) is 11.5 Å². The Hall–Kier alpha value is -2.05. The highest BCUT2D eigenvalue weighted by atomic mass is 79.9. The molecular weight excluding hydrogens is 378 g/mol. The Bertz CT molecular complexity index is 834. The van der Waals surface area contributed by atoms with Crippen LogP contribution in [0.25, 0.3) is 6.08 Å². The molecule has 0 fully saturated rings. The maximum atomic E-state index is 12.1. The van der Waals surface area contributed by atoms with Crippen LogP contribution in [0, 0.1) is 6.92 Å². The van der Waals surface area contributed by atoms with Crippen molar-refractivity contribution < 1.29 is 15.0 Å². The third-order valence-electron chi connectivity index (χ3n) is 3.28. The molecule has 0 bridgehead atoms. The number of rotatable bonds is 2. The quantitative estimate of drug-likeness (QED) is 0.595. The molecule has 0 spiro atoms. The molecule has 0 radical (unpaired) electrons. The van der Waals surface area contributed by atoms with Crippen molar-refractivity contribution in [1.29, 1.82) is 0 Å². The minimum atomic E-state index is -0.311. The molecule has 0 aromatic heterocycles. The summed E-state index contributed by atoms with van der Waals surface area (Å²) in [5.41, 5.74) is 2.64.